The van der Waals surface area contributed by atoms with Crippen molar-refractivity contribution in [3.8, 4) is 0 Å². The number of aliphatic hydroxyl groups excluding tert-OH is 2. The van der Waals surface area contributed by atoms with Crippen molar-refractivity contribution in [3.05, 3.63) is 12.7 Å². The molecule has 0 aromatic rings. The van der Waals surface area contributed by atoms with Crippen molar-refractivity contribution in [1.82, 2.24) is 10.2 Å². The molecule has 0 unspecified atom stereocenters. The molecule has 3 N–H and O–H groups in total. The van der Waals surface area contributed by atoms with E-state index in [1.54, 1.807) is 6.08 Å². The summed E-state index contributed by atoms with van der Waals surface area (Å²) in [4.78, 5) is 25.7. The van der Waals surface area contributed by atoms with Crippen LogP contribution in [-0.2, 0) is 9.59 Å². The molecule has 120 valence electrons. The first kappa shape index (κ1) is 17.7. The first-order valence-corrected chi connectivity index (χ1v) is 7.26. The highest BCUT2D eigenvalue weighted by molar-refractivity contribution is 5.89. The fourth-order valence-electron chi connectivity index (χ4n) is 2.36. The lowest BCUT2D eigenvalue weighted by atomic mass is 10.1. The lowest BCUT2D eigenvalue weighted by molar-refractivity contribution is -0.141. The fourth-order valence-corrected chi connectivity index (χ4v) is 2.36. The van der Waals surface area contributed by atoms with E-state index in [1.807, 2.05) is 20.8 Å². The molecule has 0 aromatic carbocycles. The van der Waals surface area contributed by atoms with Crippen LogP contribution in [0.4, 0.5) is 0 Å². The van der Waals surface area contributed by atoms with E-state index in [1.165, 1.54) is 4.90 Å². The lowest BCUT2D eigenvalue weighted by Crippen LogP contribution is -2.54. The van der Waals surface area contributed by atoms with Gasteiger partial charge in [0.2, 0.25) is 11.8 Å². The number of aliphatic hydroxyl groups is 2. The quantitative estimate of drug-likeness (QED) is 0.499. The van der Waals surface area contributed by atoms with Gasteiger partial charge in [-0.05, 0) is 33.6 Å². The normalized spacial score (nSPS) is 25.8. The zero-order valence-corrected chi connectivity index (χ0v) is 13.0. The molecule has 6 heteroatoms. The standard InChI is InChI=1S/C15H26N2O4/c1-5-6-7-8-11(19)17-9-10(18)13(20)12(17)14(21)16-15(2,3)4/h5,10,12-13,18,20H,1,6-9H2,2-4H3,(H,16,21)/t10-,12-,13-/m0/s1. The summed E-state index contributed by atoms with van der Waals surface area (Å²) in [6.45, 7) is 9.03. The second kappa shape index (κ2) is 7.04. The molecule has 21 heavy (non-hydrogen) atoms. The summed E-state index contributed by atoms with van der Waals surface area (Å²) in [5, 5.41) is 22.5. The Kier molecular flexibility index (Phi) is 5.92. The Balaban J connectivity index is 2.78. The number of amides is 2. The number of likely N-dealkylation sites (tertiary alicyclic amines) is 1. The summed E-state index contributed by atoms with van der Waals surface area (Å²) in [7, 11) is 0. The van der Waals surface area contributed by atoms with E-state index in [9.17, 15) is 19.8 Å². The number of unbranched alkanes of at least 4 members (excludes halogenated alkanes) is 1. The molecule has 0 spiro atoms. The smallest absolute Gasteiger partial charge is 0.246 e. The minimum atomic E-state index is -1.25. The van der Waals surface area contributed by atoms with Crippen LogP contribution in [0, 0.1) is 0 Å². The Morgan fingerprint density at radius 3 is 2.52 bits per heavy atom. The van der Waals surface area contributed by atoms with E-state index in [0.717, 1.165) is 0 Å². The molecule has 0 aliphatic carbocycles. The third kappa shape index (κ3) is 4.82. The Bertz CT molecular complexity index is 403. The summed E-state index contributed by atoms with van der Waals surface area (Å²) < 4.78 is 0. The maximum Gasteiger partial charge on any atom is 0.246 e. The molecule has 0 saturated carbocycles. The number of hydrogen-bond acceptors (Lipinski definition) is 4. The third-order valence-corrected chi connectivity index (χ3v) is 3.32. The monoisotopic (exact) mass is 298 g/mol. The van der Waals surface area contributed by atoms with Crippen LogP contribution >= 0.6 is 0 Å². The van der Waals surface area contributed by atoms with Crippen molar-refractivity contribution in [2.24, 2.45) is 0 Å². The van der Waals surface area contributed by atoms with Crippen LogP contribution in [0.5, 0.6) is 0 Å². The topological polar surface area (TPSA) is 89.9 Å². The van der Waals surface area contributed by atoms with E-state index in [0.29, 0.717) is 12.8 Å². The molecule has 1 saturated heterocycles. The van der Waals surface area contributed by atoms with Gasteiger partial charge in [0, 0.05) is 12.0 Å². The van der Waals surface area contributed by atoms with Crippen molar-refractivity contribution in [1.29, 1.82) is 0 Å². The molecule has 1 rings (SSSR count). The van der Waals surface area contributed by atoms with Gasteiger partial charge in [0.05, 0.1) is 12.6 Å². The number of hydrogen-bond donors (Lipinski definition) is 3. The Labute approximate surface area is 125 Å². The molecule has 1 aliphatic rings. The highest BCUT2D eigenvalue weighted by atomic mass is 16.3. The number of rotatable bonds is 5. The molecular weight excluding hydrogens is 272 g/mol. The summed E-state index contributed by atoms with van der Waals surface area (Å²) in [5.41, 5.74) is -0.470. The first-order valence-electron chi connectivity index (χ1n) is 7.26. The molecule has 1 heterocycles. The van der Waals surface area contributed by atoms with Crippen LogP contribution in [0.1, 0.15) is 40.0 Å². The summed E-state index contributed by atoms with van der Waals surface area (Å²) in [6.07, 6.45) is 0.997. The third-order valence-electron chi connectivity index (χ3n) is 3.32. The number of allylic oxidation sites excluding steroid dienone is 1. The second-order valence-electron chi connectivity index (χ2n) is 6.47. The van der Waals surface area contributed by atoms with Gasteiger partial charge in [0.15, 0.2) is 0 Å². The molecule has 3 atom stereocenters. The SMILES string of the molecule is C=CCCCC(=O)N1C[C@H](O)[C@H](O)[C@H]1C(=O)NC(C)(C)C. The van der Waals surface area contributed by atoms with Gasteiger partial charge in [-0.2, -0.15) is 0 Å². The minimum Gasteiger partial charge on any atom is -0.388 e. The number of β-amino-alcohol motifs (C(OH)–C–C–N with tert-alkyl or cyclic N) is 1. The molecular formula is C15H26N2O4. The summed E-state index contributed by atoms with van der Waals surface area (Å²) in [5.74, 6) is -0.676. The number of nitrogens with zero attached hydrogens (tertiary/aromatic N) is 1. The van der Waals surface area contributed by atoms with E-state index >= 15 is 0 Å². The summed E-state index contributed by atoms with van der Waals surface area (Å²) >= 11 is 0. The largest absolute Gasteiger partial charge is 0.388 e. The van der Waals surface area contributed by atoms with Crippen LogP contribution < -0.4 is 5.32 Å². The van der Waals surface area contributed by atoms with Gasteiger partial charge >= 0.3 is 0 Å². The minimum absolute atomic E-state index is 0.0175. The number of carbonyl (C=O) groups excluding carboxylic acids is 2. The maximum atomic E-state index is 12.3. The molecule has 0 radical (unpaired) electrons. The van der Waals surface area contributed by atoms with Crippen LogP contribution in [0.3, 0.4) is 0 Å². The average molecular weight is 298 g/mol. The zero-order chi connectivity index (χ0) is 16.2. The van der Waals surface area contributed by atoms with E-state index < -0.39 is 29.7 Å². The van der Waals surface area contributed by atoms with Crippen LogP contribution in [0.15, 0.2) is 12.7 Å². The Morgan fingerprint density at radius 2 is 2.00 bits per heavy atom. The lowest BCUT2D eigenvalue weighted by Gasteiger charge is -2.29. The number of carbonyl (C=O) groups is 2. The highest BCUT2D eigenvalue weighted by Gasteiger charge is 2.46. The maximum absolute atomic E-state index is 12.3. The van der Waals surface area contributed by atoms with Crippen molar-refractivity contribution >= 4 is 11.8 Å². The molecule has 0 bridgehead atoms. The molecule has 0 aromatic heterocycles. The predicted molar refractivity (Wildman–Crippen MR) is 79.5 cm³/mol. The van der Waals surface area contributed by atoms with Gasteiger partial charge in [-0.15, -0.1) is 6.58 Å². The van der Waals surface area contributed by atoms with Crippen molar-refractivity contribution in [2.45, 2.75) is 63.8 Å². The Hall–Kier alpha value is -1.40. The van der Waals surface area contributed by atoms with Gasteiger partial charge < -0.3 is 20.4 Å². The van der Waals surface area contributed by atoms with E-state index in [2.05, 4.69) is 11.9 Å². The highest BCUT2D eigenvalue weighted by Crippen LogP contribution is 2.21. The van der Waals surface area contributed by atoms with Crippen LogP contribution in [0.25, 0.3) is 0 Å². The van der Waals surface area contributed by atoms with Gasteiger partial charge in [0.25, 0.3) is 0 Å². The Morgan fingerprint density at radius 1 is 1.38 bits per heavy atom. The molecule has 1 aliphatic heterocycles. The van der Waals surface area contributed by atoms with E-state index in [-0.39, 0.29) is 18.9 Å². The van der Waals surface area contributed by atoms with Crippen molar-refractivity contribution in [2.75, 3.05) is 6.54 Å². The van der Waals surface area contributed by atoms with Gasteiger partial charge in [-0.3, -0.25) is 9.59 Å². The molecule has 6 nitrogen and oxygen atoms in total. The van der Waals surface area contributed by atoms with Gasteiger partial charge in [-0.1, -0.05) is 6.08 Å². The van der Waals surface area contributed by atoms with E-state index in [4.69, 9.17) is 0 Å². The van der Waals surface area contributed by atoms with Gasteiger partial charge in [-0.25, -0.2) is 0 Å². The van der Waals surface area contributed by atoms with Crippen molar-refractivity contribution < 1.29 is 19.8 Å². The summed E-state index contributed by atoms with van der Waals surface area (Å²) in [6, 6.07) is -1.03. The molecule has 1 fully saturated rings. The van der Waals surface area contributed by atoms with Crippen LogP contribution in [-0.4, -0.2) is 57.3 Å². The van der Waals surface area contributed by atoms with Gasteiger partial charge in [0.1, 0.15) is 12.1 Å². The average Bonchev–Trinajstić information content (AvgIpc) is 2.64. The van der Waals surface area contributed by atoms with Crippen molar-refractivity contribution in [3.63, 3.8) is 0 Å². The number of nitrogens with one attached hydrogen (secondary N) is 1. The second-order valence-corrected chi connectivity index (χ2v) is 6.47. The molecule has 2 amide bonds. The predicted octanol–water partition coefficient (Wildman–Crippen LogP) is 0.190. The zero-order valence-electron chi connectivity index (χ0n) is 13.0. The van der Waals surface area contributed by atoms with Crippen LogP contribution in [0.2, 0.25) is 0 Å². The fraction of sp³-hybridized carbons (Fsp3) is 0.733. The first-order chi connectivity index (χ1) is 9.67.